The minimum absolute atomic E-state index is 0.185. The predicted octanol–water partition coefficient (Wildman–Crippen LogP) is 5.15. The summed E-state index contributed by atoms with van der Waals surface area (Å²) >= 11 is 0. The van der Waals surface area contributed by atoms with E-state index in [-0.39, 0.29) is 11.8 Å². The molecule has 4 heteroatoms. The average molecular weight is 356 g/mol. The van der Waals surface area contributed by atoms with E-state index < -0.39 is 0 Å². The van der Waals surface area contributed by atoms with Crippen molar-refractivity contribution in [2.24, 2.45) is 0 Å². The highest BCUT2D eigenvalue weighted by Crippen LogP contribution is 2.38. The number of aromatic nitrogens is 1. The molecule has 0 saturated heterocycles. The van der Waals surface area contributed by atoms with Gasteiger partial charge < -0.3 is 15.2 Å². The highest BCUT2D eigenvalue weighted by molar-refractivity contribution is 5.86. The van der Waals surface area contributed by atoms with Crippen LogP contribution in [0.4, 0.5) is 5.69 Å². The van der Waals surface area contributed by atoms with Crippen LogP contribution in [-0.2, 0) is 0 Å². The topological polar surface area (TPSA) is 54.4 Å². The summed E-state index contributed by atoms with van der Waals surface area (Å²) in [4.78, 5) is 4.36. The number of anilines is 1. The van der Waals surface area contributed by atoms with Crippen molar-refractivity contribution in [3.63, 3.8) is 0 Å². The molecular formula is C23H20N2O2. The van der Waals surface area contributed by atoms with Crippen molar-refractivity contribution in [2.75, 3.05) is 12.4 Å². The van der Waals surface area contributed by atoms with Gasteiger partial charge in [-0.05, 0) is 23.8 Å². The molecule has 134 valence electrons. The van der Waals surface area contributed by atoms with Gasteiger partial charge in [0.05, 0.1) is 18.8 Å². The number of benzene rings is 3. The number of nitrogens with zero attached hydrogens (tertiary/aromatic N) is 1. The first-order valence-electron chi connectivity index (χ1n) is 8.79. The number of hydrogen-bond acceptors (Lipinski definition) is 4. The van der Waals surface area contributed by atoms with Crippen LogP contribution in [0.15, 0.2) is 85.1 Å². The summed E-state index contributed by atoms with van der Waals surface area (Å²) in [6, 6.07) is 25.3. The summed E-state index contributed by atoms with van der Waals surface area (Å²) < 4.78 is 5.48. The van der Waals surface area contributed by atoms with Gasteiger partial charge in [0.25, 0.3) is 0 Å². The van der Waals surface area contributed by atoms with E-state index in [4.69, 9.17) is 4.74 Å². The first kappa shape index (κ1) is 16.9. The molecule has 0 spiro atoms. The molecule has 1 aromatic heterocycles. The number of hydrogen-bond donors (Lipinski definition) is 2. The first-order chi connectivity index (χ1) is 13.3. The lowest BCUT2D eigenvalue weighted by Crippen LogP contribution is -2.13. The fourth-order valence-corrected chi connectivity index (χ4v) is 3.28. The maximum atomic E-state index is 11.0. The van der Waals surface area contributed by atoms with Crippen LogP contribution >= 0.6 is 0 Å². The van der Waals surface area contributed by atoms with Gasteiger partial charge in [-0.3, -0.25) is 4.98 Å². The van der Waals surface area contributed by atoms with Crippen LogP contribution in [0.3, 0.4) is 0 Å². The summed E-state index contributed by atoms with van der Waals surface area (Å²) in [5.41, 5.74) is 3.25. The predicted molar refractivity (Wildman–Crippen MR) is 108 cm³/mol. The Bertz CT molecular complexity index is 1060. The standard InChI is InChI=1S/C23H20N2O2/c1-27-20-12-6-5-11-19(20)25-21(16-8-3-2-4-9-16)18-14-13-17-10-7-15-24-22(17)23(18)26/h2-15,21,25-26H,1H3/t21-/m1/s1. The molecular weight excluding hydrogens is 336 g/mol. The van der Waals surface area contributed by atoms with E-state index in [0.29, 0.717) is 5.52 Å². The third-order valence-corrected chi connectivity index (χ3v) is 4.63. The molecule has 0 radical (unpaired) electrons. The summed E-state index contributed by atoms with van der Waals surface area (Å²) in [7, 11) is 1.65. The Morgan fingerprint density at radius 1 is 0.889 bits per heavy atom. The molecule has 0 aliphatic carbocycles. The minimum atomic E-state index is -0.256. The summed E-state index contributed by atoms with van der Waals surface area (Å²) in [5, 5.41) is 15.4. The van der Waals surface area contributed by atoms with Gasteiger partial charge in [-0.1, -0.05) is 60.7 Å². The van der Waals surface area contributed by atoms with Gasteiger partial charge in [0, 0.05) is 17.1 Å². The van der Waals surface area contributed by atoms with Crippen molar-refractivity contribution in [3.05, 3.63) is 96.2 Å². The summed E-state index contributed by atoms with van der Waals surface area (Å²) in [6.45, 7) is 0. The second-order valence-corrected chi connectivity index (χ2v) is 6.27. The highest BCUT2D eigenvalue weighted by Gasteiger charge is 2.20. The Balaban J connectivity index is 1.85. The van der Waals surface area contributed by atoms with Crippen molar-refractivity contribution in [3.8, 4) is 11.5 Å². The molecule has 3 aromatic carbocycles. The lowest BCUT2D eigenvalue weighted by atomic mass is 9.96. The number of fused-ring (bicyclic) bond motifs is 1. The minimum Gasteiger partial charge on any atom is -0.505 e. The number of para-hydroxylation sites is 2. The number of pyridine rings is 1. The number of methoxy groups -OCH3 is 1. The maximum absolute atomic E-state index is 11.0. The SMILES string of the molecule is COc1ccccc1N[C@H](c1ccccc1)c1ccc2cccnc2c1O. The van der Waals surface area contributed by atoms with E-state index in [9.17, 15) is 5.11 Å². The van der Waals surface area contributed by atoms with Crippen LogP contribution in [-0.4, -0.2) is 17.2 Å². The molecule has 0 saturated carbocycles. The Morgan fingerprint density at radius 2 is 1.67 bits per heavy atom. The number of aromatic hydroxyl groups is 1. The Labute approximate surface area is 158 Å². The van der Waals surface area contributed by atoms with Crippen molar-refractivity contribution >= 4 is 16.6 Å². The quantitative estimate of drug-likeness (QED) is 0.519. The number of phenols is 1. The molecule has 0 aliphatic heterocycles. The fourth-order valence-electron chi connectivity index (χ4n) is 3.28. The van der Waals surface area contributed by atoms with Gasteiger partial charge in [0.15, 0.2) is 0 Å². The molecule has 2 N–H and O–H groups in total. The molecule has 0 amide bonds. The zero-order valence-electron chi connectivity index (χ0n) is 15.0. The van der Waals surface area contributed by atoms with Crippen molar-refractivity contribution in [1.82, 2.24) is 4.98 Å². The van der Waals surface area contributed by atoms with E-state index in [1.807, 2.05) is 78.9 Å². The van der Waals surface area contributed by atoms with Gasteiger partial charge in [-0.15, -0.1) is 0 Å². The van der Waals surface area contributed by atoms with Crippen molar-refractivity contribution in [1.29, 1.82) is 0 Å². The lowest BCUT2D eigenvalue weighted by Gasteiger charge is -2.23. The van der Waals surface area contributed by atoms with Crippen LogP contribution in [0, 0.1) is 0 Å². The molecule has 4 nitrogen and oxygen atoms in total. The van der Waals surface area contributed by atoms with Crippen LogP contribution in [0.2, 0.25) is 0 Å². The number of phenolic OH excluding ortho intramolecular Hbond substituents is 1. The molecule has 0 aliphatic rings. The first-order valence-corrected chi connectivity index (χ1v) is 8.79. The van der Waals surface area contributed by atoms with Crippen LogP contribution in [0.5, 0.6) is 11.5 Å². The molecule has 1 atom stereocenters. The highest BCUT2D eigenvalue weighted by atomic mass is 16.5. The van der Waals surface area contributed by atoms with E-state index in [1.165, 1.54) is 0 Å². The summed E-state index contributed by atoms with van der Waals surface area (Å²) in [5.74, 6) is 0.932. The van der Waals surface area contributed by atoms with Crippen molar-refractivity contribution < 1.29 is 9.84 Å². The van der Waals surface area contributed by atoms with Gasteiger partial charge in [0.1, 0.15) is 17.0 Å². The van der Waals surface area contributed by atoms with E-state index in [1.54, 1.807) is 13.3 Å². The van der Waals surface area contributed by atoms with Gasteiger partial charge in [-0.2, -0.15) is 0 Å². The zero-order chi connectivity index (χ0) is 18.6. The molecule has 0 unspecified atom stereocenters. The monoisotopic (exact) mass is 356 g/mol. The smallest absolute Gasteiger partial charge is 0.147 e. The number of rotatable bonds is 5. The Kier molecular flexibility index (Phi) is 4.62. The van der Waals surface area contributed by atoms with Gasteiger partial charge in [0.2, 0.25) is 0 Å². The van der Waals surface area contributed by atoms with Crippen LogP contribution in [0.1, 0.15) is 17.2 Å². The third kappa shape index (κ3) is 3.29. The molecule has 0 fully saturated rings. The second-order valence-electron chi connectivity index (χ2n) is 6.27. The second kappa shape index (κ2) is 7.38. The van der Waals surface area contributed by atoms with Gasteiger partial charge >= 0.3 is 0 Å². The van der Waals surface area contributed by atoms with Gasteiger partial charge in [-0.25, -0.2) is 0 Å². The van der Waals surface area contributed by atoms with Crippen LogP contribution in [0.25, 0.3) is 10.9 Å². The average Bonchev–Trinajstić information content (AvgIpc) is 2.74. The Hall–Kier alpha value is -3.53. The maximum Gasteiger partial charge on any atom is 0.147 e. The Morgan fingerprint density at radius 3 is 2.48 bits per heavy atom. The van der Waals surface area contributed by atoms with E-state index in [2.05, 4.69) is 10.3 Å². The van der Waals surface area contributed by atoms with Crippen LogP contribution < -0.4 is 10.1 Å². The fraction of sp³-hybridized carbons (Fsp3) is 0.0870. The molecule has 4 aromatic rings. The normalized spacial score (nSPS) is 11.9. The third-order valence-electron chi connectivity index (χ3n) is 4.63. The molecule has 4 rings (SSSR count). The molecule has 0 bridgehead atoms. The van der Waals surface area contributed by atoms with E-state index >= 15 is 0 Å². The number of ether oxygens (including phenoxy) is 1. The van der Waals surface area contributed by atoms with Crippen molar-refractivity contribution in [2.45, 2.75) is 6.04 Å². The largest absolute Gasteiger partial charge is 0.505 e. The number of nitrogens with one attached hydrogen (secondary N) is 1. The summed E-state index contributed by atoms with van der Waals surface area (Å²) in [6.07, 6.45) is 1.69. The molecule has 1 heterocycles. The van der Waals surface area contributed by atoms with E-state index in [0.717, 1.165) is 28.0 Å². The lowest BCUT2D eigenvalue weighted by molar-refractivity contribution is 0.416. The molecule has 27 heavy (non-hydrogen) atoms. The zero-order valence-corrected chi connectivity index (χ0v) is 15.0.